The Hall–Kier alpha value is -0.310. The smallest absolute Gasteiger partial charge is 0.351 e. The van der Waals surface area contributed by atoms with Gasteiger partial charge in [0, 0.05) is 12.2 Å². The van der Waals surface area contributed by atoms with Crippen molar-refractivity contribution in [3.8, 4) is 0 Å². The van der Waals surface area contributed by atoms with E-state index < -0.39 is 0 Å². The second-order valence-corrected chi connectivity index (χ2v) is 6.23. The zero-order valence-corrected chi connectivity index (χ0v) is 15.1. The van der Waals surface area contributed by atoms with Gasteiger partial charge in [-0.2, -0.15) is 0 Å². The minimum absolute atomic E-state index is 0.268. The zero-order valence-electron chi connectivity index (χ0n) is 14.3. The van der Waals surface area contributed by atoms with Crippen LogP contribution >= 0.6 is 12.2 Å². The van der Waals surface area contributed by atoms with Crippen molar-refractivity contribution in [2.45, 2.75) is 96.8 Å². The van der Waals surface area contributed by atoms with E-state index in [1.54, 1.807) is 7.11 Å². The lowest BCUT2D eigenvalue weighted by Gasteiger charge is -2.05. The summed E-state index contributed by atoms with van der Waals surface area (Å²) < 4.78 is 9.99. The Morgan fingerprint density at radius 2 is 1.05 bits per heavy atom. The Balaban J connectivity index is 2.98. The van der Waals surface area contributed by atoms with Crippen molar-refractivity contribution in [3.63, 3.8) is 0 Å². The third-order valence-electron chi connectivity index (χ3n) is 3.88. The molecule has 3 heteroatoms. The van der Waals surface area contributed by atoms with Gasteiger partial charge in [0.05, 0.1) is 13.7 Å². The van der Waals surface area contributed by atoms with Gasteiger partial charge in [-0.1, -0.05) is 90.4 Å². The molecule has 21 heavy (non-hydrogen) atoms. The molecule has 0 aromatic carbocycles. The summed E-state index contributed by atoms with van der Waals surface area (Å²) in [6.07, 6.45) is 19.2. The summed E-state index contributed by atoms with van der Waals surface area (Å²) in [4.78, 5) is 0. The van der Waals surface area contributed by atoms with E-state index in [4.69, 9.17) is 21.7 Å². The van der Waals surface area contributed by atoms with Crippen molar-refractivity contribution in [1.82, 2.24) is 0 Å². The Morgan fingerprint density at radius 1 is 0.667 bits per heavy atom. The molecule has 0 unspecified atom stereocenters. The van der Waals surface area contributed by atoms with Crippen molar-refractivity contribution in [2.75, 3.05) is 13.7 Å². The third-order valence-corrected chi connectivity index (χ3v) is 4.17. The maximum atomic E-state index is 5.21. The largest absolute Gasteiger partial charge is 0.460 e. The van der Waals surface area contributed by atoms with Gasteiger partial charge in [-0.3, -0.25) is 0 Å². The van der Waals surface area contributed by atoms with Crippen molar-refractivity contribution >= 4 is 17.5 Å². The van der Waals surface area contributed by atoms with Gasteiger partial charge in [0.25, 0.3) is 0 Å². The minimum atomic E-state index is 0.268. The van der Waals surface area contributed by atoms with Crippen LogP contribution in [0, 0.1) is 0 Å². The predicted octanol–water partition coefficient (Wildman–Crippen LogP) is 6.42. The quantitative estimate of drug-likeness (QED) is 0.257. The van der Waals surface area contributed by atoms with Gasteiger partial charge in [-0.05, 0) is 6.42 Å². The molecule has 0 aliphatic rings. The van der Waals surface area contributed by atoms with Crippen LogP contribution in [0.1, 0.15) is 96.8 Å². The summed E-state index contributed by atoms with van der Waals surface area (Å²) in [5, 5.41) is 0.268. The summed E-state index contributed by atoms with van der Waals surface area (Å²) in [6, 6.07) is 0. The molecule has 0 radical (unpaired) electrons. The Morgan fingerprint density at radius 3 is 1.43 bits per heavy atom. The van der Waals surface area contributed by atoms with Crippen LogP contribution < -0.4 is 0 Å². The lowest BCUT2D eigenvalue weighted by molar-refractivity contribution is 0.205. The monoisotopic (exact) mass is 316 g/mol. The third kappa shape index (κ3) is 17.6. The van der Waals surface area contributed by atoms with Gasteiger partial charge in [0.15, 0.2) is 0 Å². The molecule has 2 nitrogen and oxygen atoms in total. The van der Waals surface area contributed by atoms with Gasteiger partial charge in [0.2, 0.25) is 0 Å². The fourth-order valence-corrected chi connectivity index (χ4v) is 2.59. The van der Waals surface area contributed by atoms with Gasteiger partial charge in [-0.15, -0.1) is 0 Å². The first-order chi connectivity index (χ1) is 10.3. The molecule has 0 N–H and O–H groups in total. The highest BCUT2D eigenvalue weighted by Gasteiger charge is 1.96. The van der Waals surface area contributed by atoms with Crippen LogP contribution in [0.4, 0.5) is 0 Å². The van der Waals surface area contributed by atoms with Crippen LogP contribution in [0.5, 0.6) is 0 Å². The number of unbranched alkanes of at least 4 members (excludes halogenated alkanes) is 13. The maximum Gasteiger partial charge on any atom is 0.351 e. The number of hydrogen-bond acceptors (Lipinski definition) is 3. The van der Waals surface area contributed by atoms with Crippen molar-refractivity contribution in [3.05, 3.63) is 0 Å². The first-order valence-electron chi connectivity index (χ1n) is 9.02. The summed E-state index contributed by atoms with van der Waals surface area (Å²) in [5.74, 6) is 0. The second kappa shape index (κ2) is 17.7. The van der Waals surface area contributed by atoms with Crippen LogP contribution in [-0.4, -0.2) is 19.0 Å². The predicted molar refractivity (Wildman–Crippen MR) is 95.9 cm³/mol. The van der Waals surface area contributed by atoms with E-state index in [0.717, 1.165) is 6.42 Å². The number of methoxy groups -OCH3 is 1. The second-order valence-electron chi connectivity index (χ2n) is 5.90. The Kier molecular flexibility index (Phi) is 17.5. The SMILES string of the molecule is CCCCCCCCCCCCCCCCOC(=S)OC. The van der Waals surface area contributed by atoms with Crippen LogP contribution in [0.3, 0.4) is 0 Å². The molecule has 0 rings (SSSR count). The molecular weight excluding hydrogens is 280 g/mol. The molecule has 0 saturated carbocycles. The van der Waals surface area contributed by atoms with Crippen LogP contribution in [-0.2, 0) is 9.47 Å². The molecule has 0 heterocycles. The van der Waals surface area contributed by atoms with Gasteiger partial charge in [0.1, 0.15) is 0 Å². The van der Waals surface area contributed by atoms with E-state index in [9.17, 15) is 0 Å². The number of ether oxygens (including phenoxy) is 2. The Bertz CT molecular complexity index is 219. The van der Waals surface area contributed by atoms with Crippen molar-refractivity contribution in [1.29, 1.82) is 0 Å². The molecule has 0 aliphatic heterocycles. The normalized spacial score (nSPS) is 10.6. The van der Waals surface area contributed by atoms with E-state index in [0.29, 0.717) is 6.61 Å². The van der Waals surface area contributed by atoms with E-state index in [1.165, 1.54) is 83.5 Å². The van der Waals surface area contributed by atoms with E-state index in [1.807, 2.05) is 0 Å². The highest BCUT2D eigenvalue weighted by Crippen LogP contribution is 2.12. The number of hydrogen-bond donors (Lipinski definition) is 0. The van der Waals surface area contributed by atoms with Crippen molar-refractivity contribution < 1.29 is 9.47 Å². The lowest BCUT2D eigenvalue weighted by Crippen LogP contribution is -2.04. The molecule has 0 aromatic heterocycles. The minimum Gasteiger partial charge on any atom is -0.460 e. The highest BCUT2D eigenvalue weighted by atomic mass is 32.1. The topological polar surface area (TPSA) is 18.5 Å². The molecule has 0 saturated heterocycles. The average Bonchev–Trinajstić information content (AvgIpc) is 2.50. The fraction of sp³-hybridized carbons (Fsp3) is 0.944. The molecule has 0 fully saturated rings. The standard InChI is InChI=1S/C18H36O2S/c1-3-4-5-6-7-8-9-10-11-12-13-14-15-16-17-20-18(21)19-2/h3-17H2,1-2H3. The lowest BCUT2D eigenvalue weighted by atomic mass is 10.0. The summed E-state index contributed by atoms with van der Waals surface area (Å²) in [7, 11) is 1.55. The van der Waals surface area contributed by atoms with Gasteiger partial charge in [-0.25, -0.2) is 0 Å². The molecule has 0 spiro atoms. The zero-order chi connectivity index (χ0) is 15.6. The number of thiocarbonyl (C=S) groups is 1. The van der Waals surface area contributed by atoms with E-state index >= 15 is 0 Å². The number of rotatable bonds is 15. The molecule has 0 bridgehead atoms. The molecule has 0 atom stereocenters. The van der Waals surface area contributed by atoms with E-state index in [-0.39, 0.29) is 5.24 Å². The molecule has 0 aliphatic carbocycles. The maximum absolute atomic E-state index is 5.21. The molecule has 0 amide bonds. The van der Waals surface area contributed by atoms with Crippen LogP contribution in [0.2, 0.25) is 0 Å². The van der Waals surface area contributed by atoms with E-state index in [2.05, 4.69) is 6.92 Å². The van der Waals surface area contributed by atoms with Crippen LogP contribution in [0.15, 0.2) is 0 Å². The van der Waals surface area contributed by atoms with Crippen LogP contribution in [0.25, 0.3) is 0 Å². The van der Waals surface area contributed by atoms with Crippen molar-refractivity contribution in [2.24, 2.45) is 0 Å². The average molecular weight is 317 g/mol. The molecule has 126 valence electrons. The van der Waals surface area contributed by atoms with Gasteiger partial charge >= 0.3 is 5.24 Å². The summed E-state index contributed by atoms with van der Waals surface area (Å²) >= 11 is 4.81. The van der Waals surface area contributed by atoms with Gasteiger partial charge < -0.3 is 9.47 Å². The molecule has 0 aromatic rings. The highest BCUT2D eigenvalue weighted by molar-refractivity contribution is 7.79. The fourth-order valence-electron chi connectivity index (χ4n) is 2.51. The first kappa shape index (κ1) is 20.7. The summed E-state index contributed by atoms with van der Waals surface area (Å²) in [6.45, 7) is 2.98. The summed E-state index contributed by atoms with van der Waals surface area (Å²) in [5.41, 5.74) is 0. The Labute approximate surface area is 138 Å². The first-order valence-corrected chi connectivity index (χ1v) is 9.42. The molecular formula is C18H36O2S.